The molecule has 5 nitrogen and oxygen atoms in total. The summed E-state index contributed by atoms with van der Waals surface area (Å²) in [6.07, 6.45) is 7.08. The maximum atomic E-state index is 6.13. The molecule has 1 aliphatic rings. The second kappa shape index (κ2) is 6.45. The van der Waals surface area contributed by atoms with E-state index in [9.17, 15) is 0 Å². The molecular weight excluding hydrogens is 286 g/mol. The number of aromatic nitrogens is 3. The van der Waals surface area contributed by atoms with Crippen molar-refractivity contribution < 1.29 is 0 Å². The molecule has 0 bridgehead atoms. The number of piperidine rings is 1. The van der Waals surface area contributed by atoms with Gasteiger partial charge in [0.15, 0.2) is 0 Å². The molecule has 1 aromatic carbocycles. The first-order valence-electron chi connectivity index (χ1n) is 7.33. The lowest BCUT2D eigenvalue weighted by molar-refractivity contribution is 0.194. The average Bonchev–Trinajstić information content (AvgIpc) is 3.00. The summed E-state index contributed by atoms with van der Waals surface area (Å²) in [6, 6.07) is 6.35. The van der Waals surface area contributed by atoms with Crippen LogP contribution in [0.3, 0.4) is 0 Å². The molecule has 21 heavy (non-hydrogen) atoms. The van der Waals surface area contributed by atoms with Crippen molar-refractivity contribution in [1.29, 1.82) is 0 Å². The molecule has 0 radical (unpaired) electrons. The van der Waals surface area contributed by atoms with Crippen molar-refractivity contribution in [3.05, 3.63) is 35.9 Å². The molecule has 1 N–H and O–H groups in total. The van der Waals surface area contributed by atoms with Crippen LogP contribution >= 0.6 is 11.6 Å². The molecule has 0 aliphatic carbocycles. The zero-order chi connectivity index (χ0) is 14.7. The summed E-state index contributed by atoms with van der Waals surface area (Å²) >= 11 is 6.13. The molecule has 0 amide bonds. The van der Waals surface area contributed by atoms with Crippen LogP contribution in [-0.4, -0.2) is 45.8 Å². The van der Waals surface area contributed by atoms with Gasteiger partial charge in [0.1, 0.15) is 12.7 Å². The summed E-state index contributed by atoms with van der Waals surface area (Å²) < 4.78 is 1.75. The molecule has 2 heterocycles. The van der Waals surface area contributed by atoms with Gasteiger partial charge in [-0.05, 0) is 44.6 Å². The summed E-state index contributed by atoms with van der Waals surface area (Å²) in [4.78, 5) is 6.43. The first-order valence-corrected chi connectivity index (χ1v) is 7.70. The van der Waals surface area contributed by atoms with E-state index in [1.54, 1.807) is 11.0 Å². The van der Waals surface area contributed by atoms with E-state index in [1.807, 2.05) is 18.2 Å². The van der Waals surface area contributed by atoms with Crippen LogP contribution in [0.5, 0.6) is 0 Å². The highest BCUT2D eigenvalue weighted by Crippen LogP contribution is 2.25. The van der Waals surface area contributed by atoms with Crippen LogP contribution in [0.2, 0.25) is 5.02 Å². The Labute approximate surface area is 129 Å². The summed E-state index contributed by atoms with van der Waals surface area (Å²) in [6.45, 7) is 2.09. The van der Waals surface area contributed by atoms with Gasteiger partial charge in [-0.1, -0.05) is 18.0 Å². The SMILES string of the molecule is CN1CCCCC1CNc1cc(Cl)ccc1-n1cncn1. The minimum Gasteiger partial charge on any atom is -0.382 e. The molecule has 6 heteroatoms. The molecule has 0 spiro atoms. The first-order chi connectivity index (χ1) is 10.2. The van der Waals surface area contributed by atoms with Crippen molar-refractivity contribution in [3.8, 4) is 5.69 Å². The smallest absolute Gasteiger partial charge is 0.138 e. The van der Waals surface area contributed by atoms with Gasteiger partial charge in [0.25, 0.3) is 0 Å². The third-order valence-corrected chi connectivity index (χ3v) is 4.31. The zero-order valence-corrected chi connectivity index (χ0v) is 12.9. The Hall–Kier alpha value is -1.59. The maximum absolute atomic E-state index is 6.13. The summed E-state index contributed by atoms with van der Waals surface area (Å²) in [5, 5.41) is 8.45. The Morgan fingerprint density at radius 3 is 3.05 bits per heavy atom. The molecule has 1 fully saturated rings. The number of hydrogen-bond acceptors (Lipinski definition) is 4. The Kier molecular flexibility index (Phi) is 4.41. The van der Waals surface area contributed by atoms with Gasteiger partial charge in [-0.2, -0.15) is 5.10 Å². The number of anilines is 1. The van der Waals surface area contributed by atoms with E-state index in [-0.39, 0.29) is 0 Å². The van der Waals surface area contributed by atoms with E-state index >= 15 is 0 Å². The number of likely N-dealkylation sites (tertiary alicyclic amines) is 1. The van der Waals surface area contributed by atoms with E-state index < -0.39 is 0 Å². The molecule has 1 aromatic heterocycles. The first kappa shape index (κ1) is 14.4. The second-order valence-corrected chi connectivity index (χ2v) is 5.95. The van der Waals surface area contributed by atoms with Gasteiger partial charge in [-0.15, -0.1) is 0 Å². The second-order valence-electron chi connectivity index (χ2n) is 5.51. The predicted octanol–water partition coefficient (Wildman–Crippen LogP) is 2.82. The van der Waals surface area contributed by atoms with Crippen LogP contribution in [0.25, 0.3) is 5.69 Å². The number of hydrogen-bond donors (Lipinski definition) is 1. The molecule has 2 aromatic rings. The standard InChI is InChI=1S/C15H20ClN5/c1-20-7-3-2-4-13(20)9-18-14-8-12(16)5-6-15(14)21-11-17-10-19-21/h5-6,8,10-11,13,18H,2-4,7,9H2,1H3. The fraction of sp³-hybridized carbons (Fsp3) is 0.467. The van der Waals surface area contributed by atoms with Crippen LogP contribution < -0.4 is 5.32 Å². The van der Waals surface area contributed by atoms with E-state index in [0.29, 0.717) is 6.04 Å². The number of nitrogens with one attached hydrogen (secondary N) is 1. The Bertz CT molecular complexity index is 584. The van der Waals surface area contributed by atoms with Crippen molar-refractivity contribution in [2.24, 2.45) is 0 Å². The minimum atomic E-state index is 0.571. The molecule has 112 valence electrons. The van der Waals surface area contributed by atoms with Gasteiger partial charge in [-0.25, -0.2) is 9.67 Å². The van der Waals surface area contributed by atoms with Gasteiger partial charge in [-0.3, -0.25) is 0 Å². The monoisotopic (exact) mass is 305 g/mol. The van der Waals surface area contributed by atoms with Gasteiger partial charge in [0.2, 0.25) is 0 Å². The van der Waals surface area contributed by atoms with Crippen molar-refractivity contribution >= 4 is 17.3 Å². The topological polar surface area (TPSA) is 46.0 Å². The molecule has 1 aliphatic heterocycles. The predicted molar refractivity (Wildman–Crippen MR) is 85.1 cm³/mol. The van der Waals surface area contributed by atoms with Gasteiger partial charge >= 0.3 is 0 Å². The van der Waals surface area contributed by atoms with Crippen LogP contribution in [0.15, 0.2) is 30.9 Å². The van der Waals surface area contributed by atoms with Crippen LogP contribution in [0, 0.1) is 0 Å². The number of rotatable bonds is 4. The zero-order valence-electron chi connectivity index (χ0n) is 12.2. The molecule has 1 saturated heterocycles. The van der Waals surface area contributed by atoms with Crippen molar-refractivity contribution in [2.45, 2.75) is 25.3 Å². The van der Waals surface area contributed by atoms with Gasteiger partial charge in [0, 0.05) is 17.6 Å². The van der Waals surface area contributed by atoms with Crippen LogP contribution in [0.1, 0.15) is 19.3 Å². The third kappa shape index (κ3) is 3.36. The van der Waals surface area contributed by atoms with Gasteiger partial charge < -0.3 is 10.2 Å². The van der Waals surface area contributed by atoms with E-state index in [1.165, 1.54) is 32.1 Å². The summed E-state index contributed by atoms with van der Waals surface area (Å²) in [7, 11) is 2.20. The van der Waals surface area contributed by atoms with Crippen molar-refractivity contribution in [3.63, 3.8) is 0 Å². The van der Waals surface area contributed by atoms with E-state index in [4.69, 9.17) is 11.6 Å². The number of likely N-dealkylation sites (N-methyl/N-ethyl adjacent to an activating group) is 1. The Morgan fingerprint density at radius 2 is 2.29 bits per heavy atom. The minimum absolute atomic E-state index is 0.571. The van der Waals surface area contributed by atoms with Crippen molar-refractivity contribution in [2.75, 3.05) is 25.5 Å². The summed E-state index contributed by atoms with van der Waals surface area (Å²) in [5.74, 6) is 0. The lowest BCUT2D eigenvalue weighted by Gasteiger charge is -2.33. The van der Waals surface area contributed by atoms with Crippen LogP contribution in [-0.2, 0) is 0 Å². The quantitative estimate of drug-likeness (QED) is 0.943. The number of nitrogens with zero attached hydrogens (tertiary/aromatic N) is 4. The lowest BCUT2D eigenvalue weighted by Crippen LogP contribution is -2.40. The highest BCUT2D eigenvalue weighted by Gasteiger charge is 2.19. The lowest BCUT2D eigenvalue weighted by atomic mass is 10.0. The van der Waals surface area contributed by atoms with E-state index in [2.05, 4.69) is 27.3 Å². The summed E-state index contributed by atoms with van der Waals surface area (Å²) in [5.41, 5.74) is 1.96. The fourth-order valence-corrected chi connectivity index (χ4v) is 2.98. The van der Waals surface area contributed by atoms with E-state index in [0.717, 1.165) is 22.9 Å². The number of benzene rings is 1. The Morgan fingerprint density at radius 1 is 1.38 bits per heavy atom. The van der Waals surface area contributed by atoms with Gasteiger partial charge in [0.05, 0.1) is 11.4 Å². The molecule has 1 atom stereocenters. The largest absolute Gasteiger partial charge is 0.382 e. The normalized spacial score (nSPS) is 19.6. The van der Waals surface area contributed by atoms with Crippen LogP contribution in [0.4, 0.5) is 5.69 Å². The molecular formula is C15H20ClN5. The molecule has 0 saturated carbocycles. The Balaban J connectivity index is 1.76. The molecule has 1 unspecified atom stereocenters. The highest BCUT2D eigenvalue weighted by molar-refractivity contribution is 6.31. The fourth-order valence-electron chi connectivity index (χ4n) is 2.81. The number of halogens is 1. The molecule has 3 rings (SSSR count). The van der Waals surface area contributed by atoms with Crippen molar-refractivity contribution in [1.82, 2.24) is 19.7 Å². The average molecular weight is 306 g/mol. The highest BCUT2D eigenvalue weighted by atomic mass is 35.5. The third-order valence-electron chi connectivity index (χ3n) is 4.07. The maximum Gasteiger partial charge on any atom is 0.138 e.